The van der Waals surface area contributed by atoms with Crippen molar-refractivity contribution in [3.05, 3.63) is 102 Å². The summed E-state index contributed by atoms with van der Waals surface area (Å²) in [5.74, 6) is 0.250. The van der Waals surface area contributed by atoms with E-state index in [9.17, 15) is 0 Å². The standard InChI is InChI=1S/C27H29N3/c1-3-16-30-25-10-6-4-8-23(25)27(24-9-5-7-11-26(24)30)21-12-14-22(15-13-21)29-19-17-28(2)18-20-29/h3-15,27H,1,16-20H2,2H3. The average Bonchev–Trinajstić information content (AvgIpc) is 2.80. The molecule has 0 aromatic heterocycles. The Kier molecular flexibility index (Phi) is 5.06. The number of hydrogen-bond donors (Lipinski definition) is 0. The lowest BCUT2D eigenvalue weighted by atomic mass is 9.80. The number of nitrogens with zero attached hydrogens (tertiary/aromatic N) is 3. The van der Waals surface area contributed by atoms with E-state index in [0.29, 0.717) is 0 Å². The normalized spacial score (nSPS) is 16.8. The highest BCUT2D eigenvalue weighted by Gasteiger charge is 2.30. The van der Waals surface area contributed by atoms with Gasteiger partial charge in [0.05, 0.1) is 0 Å². The minimum absolute atomic E-state index is 0.250. The highest BCUT2D eigenvalue weighted by Crippen LogP contribution is 2.48. The van der Waals surface area contributed by atoms with Crippen LogP contribution in [-0.4, -0.2) is 44.7 Å². The first-order chi connectivity index (χ1) is 14.8. The molecule has 2 aliphatic rings. The van der Waals surface area contributed by atoms with Crippen molar-refractivity contribution in [2.45, 2.75) is 5.92 Å². The summed E-state index contributed by atoms with van der Waals surface area (Å²) >= 11 is 0. The zero-order chi connectivity index (χ0) is 20.5. The Hall–Kier alpha value is -3.04. The predicted molar refractivity (Wildman–Crippen MR) is 127 cm³/mol. The van der Waals surface area contributed by atoms with Crippen LogP contribution in [-0.2, 0) is 0 Å². The van der Waals surface area contributed by atoms with E-state index in [1.54, 1.807) is 0 Å². The van der Waals surface area contributed by atoms with E-state index in [0.717, 1.165) is 32.7 Å². The number of rotatable bonds is 4. The number of likely N-dealkylation sites (N-methyl/N-ethyl adjacent to an activating group) is 1. The summed E-state index contributed by atoms with van der Waals surface area (Å²) in [4.78, 5) is 7.28. The van der Waals surface area contributed by atoms with Crippen LogP contribution < -0.4 is 9.80 Å². The molecular weight excluding hydrogens is 366 g/mol. The van der Waals surface area contributed by atoms with Crippen LogP contribution in [0.25, 0.3) is 0 Å². The minimum atomic E-state index is 0.250. The fourth-order valence-electron chi connectivity index (χ4n) is 4.88. The third-order valence-electron chi connectivity index (χ3n) is 6.48. The fourth-order valence-corrected chi connectivity index (χ4v) is 4.88. The number of fused-ring (bicyclic) bond motifs is 2. The molecule has 0 spiro atoms. The first kappa shape index (κ1) is 19.0. The Bertz CT molecular complexity index is 984. The molecule has 1 saturated heterocycles. The molecule has 3 nitrogen and oxygen atoms in total. The van der Waals surface area contributed by atoms with Crippen LogP contribution >= 0.6 is 0 Å². The zero-order valence-electron chi connectivity index (χ0n) is 17.7. The van der Waals surface area contributed by atoms with Gasteiger partial charge in [-0.1, -0.05) is 54.6 Å². The predicted octanol–water partition coefficient (Wildman–Crippen LogP) is 5.26. The van der Waals surface area contributed by atoms with Gasteiger partial charge < -0.3 is 14.7 Å². The van der Waals surface area contributed by atoms with Gasteiger partial charge >= 0.3 is 0 Å². The molecule has 2 heterocycles. The van der Waals surface area contributed by atoms with Gasteiger partial charge in [-0.05, 0) is 48.0 Å². The Morgan fingerprint density at radius 1 is 0.800 bits per heavy atom. The van der Waals surface area contributed by atoms with Crippen molar-refractivity contribution in [2.75, 3.05) is 49.6 Å². The highest BCUT2D eigenvalue weighted by molar-refractivity contribution is 5.78. The Morgan fingerprint density at radius 2 is 1.37 bits per heavy atom. The molecule has 152 valence electrons. The van der Waals surface area contributed by atoms with Crippen LogP contribution in [0.4, 0.5) is 17.1 Å². The van der Waals surface area contributed by atoms with Gasteiger partial charge in [0.2, 0.25) is 0 Å². The molecule has 0 atom stereocenters. The van der Waals surface area contributed by atoms with Crippen molar-refractivity contribution >= 4 is 17.1 Å². The van der Waals surface area contributed by atoms with Gasteiger partial charge in [0.1, 0.15) is 0 Å². The van der Waals surface area contributed by atoms with E-state index in [1.807, 2.05) is 6.08 Å². The van der Waals surface area contributed by atoms with E-state index in [-0.39, 0.29) is 5.92 Å². The largest absolute Gasteiger partial charge is 0.369 e. The lowest BCUT2D eigenvalue weighted by Gasteiger charge is -2.38. The van der Waals surface area contributed by atoms with Gasteiger partial charge in [-0.3, -0.25) is 0 Å². The van der Waals surface area contributed by atoms with Crippen molar-refractivity contribution in [1.82, 2.24) is 4.90 Å². The van der Waals surface area contributed by atoms with Crippen LogP contribution in [0.15, 0.2) is 85.5 Å². The Labute approximate surface area is 179 Å². The second-order valence-electron chi connectivity index (χ2n) is 8.33. The summed E-state index contributed by atoms with van der Waals surface area (Å²) < 4.78 is 0. The quantitative estimate of drug-likeness (QED) is 0.558. The lowest BCUT2D eigenvalue weighted by molar-refractivity contribution is 0.313. The molecule has 0 radical (unpaired) electrons. The number of anilines is 3. The van der Waals surface area contributed by atoms with Crippen molar-refractivity contribution in [1.29, 1.82) is 0 Å². The molecule has 2 aliphatic heterocycles. The molecular formula is C27H29N3. The first-order valence-corrected chi connectivity index (χ1v) is 10.9. The average molecular weight is 396 g/mol. The van der Waals surface area contributed by atoms with Crippen LogP contribution in [0.1, 0.15) is 22.6 Å². The maximum Gasteiger partial charge on any atom is 0.0456 e. The fraction of sp³-hybridized carbons (Fsp3) is 0.259. The summed E-state index contributed by atoms with van der Waals surface area (Å²) in [6.07, 6.45) is 1.98. The Balaban J connectivity index is 1.54. The van der Waals surface area contributed by atoms with Crippen molar-refractivity contribution in [2.24, 2.45) is 0 Å². The first-order valence-electron chi connectivity index (χ1n) is 10.9. The van der Waals surface area contributed by atoms with Gasteiger partial charge in [-0.25, -0.2) is 0 Å². The SMILES string of the molecule is C=CCN1c2ccccc2C(c2ccc(N3CCN(C)CC3)cc2)c2ccccc21. The summed E-state index contributed by atoms with van der Waals surface area (Å²) in [5, 5.41) is 0. The van der Waals surface area contributed by atoms with Crippen LogP contribution in [0.2, 0.25) is 0 Å². The number of para-hydroxylation sites is 2. The molecule has 5 rings (SSSR count). The van der Waals surface area contributed by atoms with Crippen LogP contribution in [0.5, 0.6) is 0 Å². The molecule has 3 aromatic carbocycles. The van der Waals surface area contributed by atoms with Crippen molar-refractivity contribution in [3.8, 4) is 0 Å². The summed E-state index contributed by atoms with van der Waals surface area (Å²) in [6.45, 7) is 9.25. The molecule has 3 aromatic rings. The zero-order valence-corrected chi connectivity index (χ0v) is 17.7. The molecule has 0 saturated carbocycles. The molecule has 0 amide bonds. The molecule has 30 heavy (non-hydrogen) atoms. The van der Waals surface area contributed by atoms with Gasteiger partial charge in [-0.15, -0.1) is 6.58 Å². The van der Waals surface area contributed by atoms with Crippen LogP contribution in [0.3, 0.4) is 0 Å². The monoisotopic (exact) mass is 395 g/mol. The topological polar surface area (TPSA) is 9.72 Å². The second-order valence-corrected chi connectivity index (χ2v) is 8.33. The van der Waals surface area contributed by atoms with Crippen molar-refractivity contribution in [3.63, 3.8) is 0 Å². The summed E-state index contributed by atoms with van der Waals surface area (Å²) in [5.41, 5.74) is 7.98. The third kappa shape index (κ3) is 3.29. The molecule has 3 heteroatoms. The van der Waals surface area contributed by atoms with Gasteiger partial charge in [0, 0.05) is 55.7 Å². The van der Waals surface area contributed by atoms with E-state index in [2.05, 4.69) is 101 Å². The number of benzene rings is 3. The molecule has 1 fully saturated rings. The summed E-state index contributed by atoms with van der Waals surface area (Å²) in [7, 11) is 2.20. The number of hydrogen-bond acceptors (Lipinski definition) is 3. The second kappa shape index (κ2) is 8.00. The van der Waals surface area contributed by atoms with E-state index < -0.39 is 0 Å². The molecule has 0 aliphatic carbocycles. The third-order valence-corrected chi connectivity index (χ3v) is 6.48. The lowest BCUT2D eigenvalue weighted by Crippen LogP contribution is -2.44. The molecule has 0 unspecified atom stereocenters. The van der Waals surface area contributed by atoms with E-state index in [4.69, 9.17) is 0 Å². The van der Waals surface area contributed by atoms with E-state index >= 15 is 0 Å². The molecule has 0 bridgehead atoms. The van der Waals surface area contributed by atoms with Crippen LogP contribution in [0, 0.1) is 0 Å². The number of piperazine rings is 1. The smallest absolute Gasteiger partial charge is 0.0456 e. The Morgan fingerprint density at radius 3 is 1.93 bits per heavy atom. The summed E-state index contributed by atoms with van der Waals surface area (Å²) in [6, 6.07) is 26.9. The molecule has 0 N–H and O–H groups in total. The van der Waals surface area contributed by atoms with Gasteiger partial charge in [0.15, 0.2) is 0 Å². The van der Waals surface area contributed by atoms with E-state index in [1.165, 1.54) is 33.8 Å². The van der Waals surface area contributed by atoms with Gasteiger partial charge in [0.25, 0.3) is 0 Å². The van der Waals surface area contributed by atoms with Gasteiger partial charge in [-0.2, -0.15) is 0 Å². The van der Waals surface area contributed by atoms with Crippen molar-refractivity contribution < 1.29 is 0 Å². The highest BCUT2D eigenvalue weighted by atomic mass is 15.2. The maximum atomic E-state index is 3.99. The maximum absolute atomic E-state index is 3.99. The minimum Gasteiger partial charge on any atom is -0.369 e.